The van der Waals surface area contributed by atoms with E-state index in [1.807, 2.05) is 13.8 Å². The van der Waals surface area contributed by atoms with E-state index in [2.05, 4.69) is 0 Å². The first-order valence-corrected chi connectivity index (χ1v) is 6.53. The monoisotopic (exact) mass is 290 g/mol. The SMILES string of the molecule is CCOC(OCC)C(=O)Cc1ccc(Cl)cc1Cl. The lowest BCUT2D eigenvalue weighted by molar-refractivity contribution is -0.167. The maximum absolute atomic E-state index is 12.0. The van der Waals surface area contributed by atoms with E-state index in [-0.39, 0.29) is 12.2 Å². The maximum atomic E-state index is 12.0. The smallest absolute Gasteiger partial charge is 0.218 e. The van der Waals surface area contributed by atoms with Gasteiger partial charge in [-0.05, 0) is 31.5 Å². The Hall–Kier alpha value is -0.610. The van der Waals surface area contributed by atoms with Crippen molar-refractivity contribution in [3.8, 4) is 0 Å². The molecule has 1 aromatic rings. The summed E-state index contributed by atoms with van der Waals surface area (Å²) in [5, 5.41) is 1.02. The number of halogens is 2. The molecule has 0 aromatic heterocycles. The lowest BCUT2D eigenvalue weighted by atomic mass is 10.1. The molecule has 0 heterocycles. The van der Waals surface area contributed by atoms with E-state index < -0.39 is 6.29 Å². The van der Waals surface area contributed by atoms with Crippen LogP contribution in [0.5, 0.6) is 0 Å². The van der Waals surface area contributed by atoms with Crippen molar-refractivity contribution < 1.29 is 14.3 Å². The largest absolute Gasteiger partial charge is 0.346 e. The van der Waals surface area contributed by atoms with E-state index in [0.717, 1.165) is 5.56 Å². The third-order valence-corrected chi connectivity index (χ3v) is 2.87. The molecular formula is C13H16Cl2O3. The number of ether oxygens (including phenoxy) is 2. The van der Waals surface area contributed by atoms with Crippen LogP contribution in [-0.4, -0.2) is 25.3 Å². The predicted octanol–water partition coefficient (Wildman–Crippen LogP) is 3.50. The zero-order valence-electron chi connectivity index (χ0n) is 10.4. The van der Waals surface area contributed by atoms with Gasteiger partial charge in [0.05, 0.1) is 0 Å². The van der Waals surface area contributed by atoms with Crippen LogP contribution in [0.2, 0.25) is 10.0 Å². The first-order chi connectivity index (χ1) is 8.58. The van der Waals surface area contributed by atoms with Gasteiger partial charge in [-0.2, -0.15) is 0 Å². The molecule has 0 aliphatic carbocycles. The molecule has 1 aromatic carbocycles. The highest BCUT2D eigenvalue weighted by atomic mass is 35.5. The summed E-state index contributed by atoms with van der Waals surface area (Å²) >= 11 is 11.8. The van der Waals surface area contributed by atoms with Gasteiger partial charge in [-0.1, -0.05) is 29.3 Å². The maximum Gasteiger partial charge on any atom is 0.218 e. The second kappa shape index (κ2) is 7.74. The molecule has 0 atom stereocenters. The van der Waals surface area contributed by atoms with Crippen LogP contribution in [-0.2, 0) is 20.7 Å². The van der Waals surface area contributed by atoms with Crippen molar-refractivity contribution in [1.29, 1.82) is 0 Å². The molecule has 5 heteroatoms. The minimum atomic E-state index is -0.827. The summed E-state index contributed by atoms with van der Waals surface area (Å²) in [6.07, 6.45) is -0.660. The van der Waals surface area contributed by atoms with Gasteiger partial charge < -0.3 is 9.47 Å². The van der Waals surface area contributed by atoms with E-state index >= 15 is 0 Å². The molecule has 0 aliphatic heterocycles. The van der Waals surface area contributed by atoms with Crippen LogP contribution in [0.4, 0.5) is 0 Å². The number of hydrogen-bond donors (Lipinski definition) is 0. The average molecular weight is 291 g/mol. The van der Waals surface area contributed by atoms with Crippen molar-refractivity contribution in [3.63, 3.8) is 0 Å². The molecule has 0 radical (unpaired) electrons. The van der Waals surface area contributed by atoms with Crippen molar-refractivity contribution >= 4 is 29.0 Å². The summed E-state index contributed by atoms with van der Waals surface area (Å²) in [5.41, 5.74) is 0.718. The van der Waals surface area contributed by atoms with Gasteiger partial charge in [0.25, 0.3) is 0 Å². The Morgan fingerprint density at radius 3 is 2.33 bits per heavy atom. The first-order valence-electron chi connectivity index (χ1n) is 5.78. The fraction of sp³-hybridized carbons (Fsp3) is 0.462. The Kier molecular flexibility index (Phi) is 6.65. The third-order valence-electron chi connectivity index (χ3n) is 2.28. The van der Waals surface area contributed by atoms with Crippen LogP contribution >= 0.6 is 23.2 Å². The minimum Gasteiger partial charge on any atom is -0.346 e. The lowest BCUT2D eigenvalue weighted by Crippen LogP contribution is -2.29. The Balaban J connectivity index is 2.72. The fourth-order valence-electron chi connectivity index (χ4n) is 1.47. The number of ketones is 1. The van der Waals surface area contributed by atoms with Crippen LogP contribution in [0.15, 0.2) is 18.2 Å². The van der Waals surface area contributed by atoms with Crippen LogP contribution in [0, 0.1) is 0 Å². The summed E-state index contributed by atoms with van der Waals surface area (Å²) in [4.78, 5) is 12.0. The fourth-order valence-corrected chi connectivity index (χ4v) is 1.95. The number of hydrogen-bond acceptors (Lipinski definition) is 3. The van der Waals surface area contributed by atoms with Gasteiger partial charge in [0.2, 0.25) is 6.29 Å². The quantitative estimate of drug-likeness (QED) is 0.721. The predicted molar refractivity (Wildman–Crippen MR) is 72.2 cm³/mol. The molecular weight excluding hydrogens is 275 g/mol. The Morgan fingerprint density at radius 2 is 1.83 bits per heavy atom. The van der Waals surface area contributed by atoms with Gasteiger partial charge in [-0.3, -0.25) is 4.79 Å². The summed E-state index contributed by atoms with van der Waals surface area (Å²) in [7, 11) is 0. The summed E-state index contributed by atoms with van der Waals surface area (Å²) in [6, 6.07) is 5.05. The second-order valence-electron chi connectivity index (χ2n) is 3.62. The summed E-state index contributed by atoms with van der Waals surface area (Å²) in [5.74, 6) is -0.150. The number of carbonyl (C=O) groups excluding carboxylic acids is 1. The molecule has 18 heavy (non-hydrogen) atoms. The molecule has 0 fully saturated rings. The Bertz CT molecular complexity index is 401. The van der Waals surface area contributed by atoms with Crippen molar-refractivity contribution in [1.82, 2.24) is 0 Å². The normalized spacial score (nSPS) is 10.9. The zero-order valence-corrected chi connectivity index (χ0v) is 11.9. The van der Waals surface area contributed by atoms with Crippen LogP contribution < -0.4 is 0 Å². The molecule has 100 valence electrons. The van der Waals surface area contributed by atoms with E-state index in [9.17, 15) is 4.79 Å². The van der Waals surface area contributed by atoms with E-state index in [0.29, 0.717) is 23.3 Å². The van der Waals surface area contributed by atoms with Gasteiger partial charge in [0, 0.05) is 29.7 Å². The summed E-state index contributed by atoms with van der Waals surface area (Å²) in [6.45, 7) is 4.47. The highest BCUT2D eigenvalue weighted by Gasteiger charge is 2.19. The molecule has 0 spiro atoms. The lowest BCUT2D eigenvalue weighted by Gasteiger charge is -2.15. The standard InChI is InChI=1S/C13H16Cl2O3/c1-3-17-13(18-4-2)12(16)7-9-5-6-10(14)8-11(9)15/h5-6,8,13H,3-4,7H2,1-2H3. The highest BCUT2D eigenvalue weighted by Crippen LogP contribution is 2.22. The molecule has 0 bridgehead atoms. The van der Waals surface area contributed by atoms with Gasteiger partial charge in [0.1, 0.15) is 0 Å². The molecule has 0 unspecified atom stereocenters. The molecule has 0 N–H and O–H groups in total. The minimum absolute atomic E-state index is 0.150. The molecule has 0 aliphatic rings. The van der Waals surface area contributed by atoms with Gasteiger partial charge in [-0.15, -0.1) is 0 Å². The number of benzene rings is 1. The zero-order chi connectivity index (χ0) is 13.5. The van der Waals surface area contributed by atoms with Crippen molar-refractivity contribution in [2.75, 3.05) is 13.2 Å². The van der Waals surface area contributed by atoms with E-state index in [1.54, 1.807) is 18.2 Å². The molecule has 0 amide bonds. The molecule has 0 saturated carbocycles. The van der Waals surface area contributed by atoms with Crippen LogP contribution in [0.3, 0.4) is 0 Å². The summed E-state index contributed by atoms with van der Waals surface area (Å²) < 4.78 is 10.5. The van der Waals surface area contributed by atoms with Gasteiger partial charge in [-0.25, -0.2) is 0 Å². The van der Waals surface area contributed by atoms with Crippen LogP contribution in [0.25, 0.3) is 0 Å². The van der Waals surface area contributed by atoms with Crippen molar-refractivity contribution in [2.45, 2.75) is 26.6 Å². The van der Waals surface area contributed by atoms with Crippen LogP contribution in [0.1, 0.15) is 19.4 Å². The second-order valence-corrected chi connectivity index (χ2v) is 4.47. The van der Waals surface area contributed by atoms with Crippen molar-refractivity contribution in [2.24, 2.45) is 0 Å². The highest BCUT2D eigenvalue weighted by molar-refractivity contribution is 6.35. The molecule has 0 saturated heterocycles. The average Bonchev–Trinajstić information content (AvgIpc) is 2.32. The molecule has 3 nitrogen and oxygen atoms in total. The van der Waals surface area contributed by atoms with Gasteiger partial charge in [0.15, 0.2) is 5.78 Å². The first kappa shape index (κ1) is 15.4. The number of carbonyl (C=O) groups is 1. The van der Waals surface area contributed by atoms with Gasteiger partial charge >= 0.3 is 0 Å². The number of rotatable bonds is 7. The third kappa shape index (κ3) is 4.58. The Labute approximate surface area is 117 Å². The van der Waals surface area contributed by atoms with E-state index in [4.69, 9.17) is 32.7 Å². The van der Waals surface area contributed by atoms with E-state index in [1.165, 1.54) is 0 Å². The van der Waals surface area contributed by atoms with Crippen molar-refractivity contribution in [3.05, 3.63) is 33.8 Å². The Morgan fingerprint density at radius 1 is 1.22 bits per heavy atom. The number of Topliss-reactive ketones (excluding diaryl/α,β-unsaturated/α-hetero) is 1. The molecule has 1 rings (SSSR count). The topological polar surface area (TPSA) is 35.5 Å².